The van der Waals surface area contributed by atoms with Gasteiger partial charge in [0.1, 0.15) is 5.70 Å². The molecule has 4 nitrogen and oxygen atoms in total. The lowest BCUT2D eigenvalue weighted by molar-refractivity contribution is -0.120. The van der Waals surface area contributed by atoms with E-state index in [1.54, 1.807) is 0 Å². The lowest BCUT2D eigenvalue weighted by Gasteiger charge is -2.33. The maximum absolute atomic E-state index is 13.7. The molecule has 0 radical (unpaired) electrons. The molecule has 2 amide bonds. The van der Waals surface area contributed by atoms with Gasteiger partial charge >= 0.3 is 0 Å². The molecular formula is C26H30N2O2. The van der Waals surface area contributed by atoms with Gasteiger partial charge in [-0.3, -0.25) is 9.59 Å². The standard InChI is InChI=1S/C26H30N2O2/c1-16-8-11-22(20(5)13-16)28-25(29)23(21-10-9-18(3)19(4)14-21)24(26(28)30)27-12-6-7-17(2)15-27/h8-11,13-14,17H,6-7,12,15H2,1-5H3. The first-order valence-corrected chi connectivity index (χ1v) is 10.8. The Kier molecular flexibility index (Phi) is 5.27. The maximum Gasteiger partial charge on any atom is 0.282 e. The summed E-state index contributed by atoms with van der Waals surface area (Å²) in [5.41, 5.74) is 6.96. The Morgan fingerprint density at radius 1 is 0.867 bits per heavy atom. The van der Waals surface area contributed by atoms with Crippen molar-refractivity contribution < 1.29 is 9.59 Å². The molecule has 156 valence electrons. The number of likely N-dealkylation sites (tertiary alicyclic amines) is 1. The first-order valence-electron chi connectivity index (χ1n) is 10.8. The zero-order chi connectivity index (χ0) is 21.6. The van der Waals surface area contributed by atoms with Gasteiger partial charge in [0.25, 0.3) is 11.8 Å². The first-order chi connectivity index (χ1) is 14.3. The maximum atomic E-state index is 13.7. The molecule has 30 heavy (non-hydrogen) atoms. The van der Waals surface area contributed by atoms with Crippen LogP contribution in [-0.4, -0.2) is 29.8 Å². The number of aryl methyl sites for hydroxylation is 4. The molecule has 2 aromatic rings. The third-order valence-electron chi connectivity index (χ3n) is 6.42. The van der Waals surface area contributed by atoms with Gasteiger partial charge in [-0.1, -0.05) is 42.8 Å². The van der Waals surface area contributed by atoms with Gasteiger partial charge in [-0.25, -0.2) is 4.90 Å². The fourth-order valence-electron chi connectivity index (χ4n) is 4.64. The van der Waals surface area contributed by atoms with Gasteiger partial charge in [-0.2, -0.15) is 0 Å². The van der Waals surface area contributed by atoms with Crippen molar-refractivity contribution in [1.29, 1.82) is 0 Å². The van der Waals surface area contributed by atoms with Crippen molar-refractivity contribution in [2.75, 3.05) is 18.0 Å². The molecule has 2 heterocycles. The number of anilines is 1. The van der Waals surface area contributed by atoms with E-state index in [2.05, 4.69) is 18.7 Å². The monoisotopic (exact) mass is 402 g/mol. The Hall–Kier alpha value is -2.88. The summed E-state index contributed by atoms with van der Waals surface area (Å²) in [4.78, 5) is 30.9. The predicted octanol–water partition coefficient (Wildman–Crippen LogP) is 4.94. The van der Waals surface area contributed by atoms with Gasteiger partial charge in [0.2, 0.25) is 0 Å². The average molecular weight is 403 g/mol. The van der Waals surface area contributed by atoms with Gasteiger partial charge in [0.15, 0.2) is 0 Å². The van der Waals surface area contributed by atoms with E-state index in [1.807, 2.05) is 57.2 Å². The summed E-state index contributed by atoms with van der Waals surface area (Å²) in [7, 11) is 0. The third-order valence-corrected chi connectivity index (χ3v) is 6.42. The minimum atomic E-state index is -0.219. The van der Waals surface area contributed by atoms with Crippen LogP contribution in [0, 0.1) is 33.6 Å². The Balaban J connectivity index is 1.86. The second-order valence-corrected chi connectivity index (χ2v) is 8.95. The molecule has 1 fully saturated rings. The molecular weight excluding hydrogens is 372 g/mol. The highest BCUT2D eigenvalue weighted by molar-refractivity contribution is 6.45. The number of carbonyl (C=O) groups excluding carboxylic acids is 2. The summed E-state index contributed by atoms with van der Waals surface area (Å²) < 4.78 is 0. The minimum Gasteiger partial charge on any atom is -0.366 e. The second-order valence-electron chi connectivity index (χ2n) is 8.95. The third kappa shape index (κ3) is 3.45. The van der Waals surface area contributed by atoms with Crippen molar-refractivity contribution in [3.8, 4) is 0 Å². The summed E-state index contributed by atoms with van der Waals surface area (Å²) in [6.45, 7) is 11.9. The Labute approximate surface area is 179 Å². The molecule has 2 aliphatic heterocycles. The molecule has 0 N–H and O–H groups in total. The molecule has 0 aromatic heterocycles. The van der Waals surface area contributed by atoms with E-state index in [9.17, 15) is 9.59 Å². The Morgan fingerprint density at radius 3 is 2.30 bits per heavy atom. The van der Waals surface area contributed by atoms with E-state index in [4.69, 9.17) is 0 Å². The predicted molar refractivity (Wildman–Crippen MR) is 121 cm³/mol. The van der Waals surface area contributed by atoms with Crippen LogP contribution in [0.4, 0.5) is 5.69 Å². The molecule has 1 unspecified atom stereocenters. The van der Waals surface area contributed by atoms with Gasteiger partial charge in [0.05, 0.1) is 11.3 Å². The number of hydrogen-bond donors (Lipinski definition) is 0. The summed E-state index contributed by atoms with van der Waals surface area (Å²) >= 11 is 0. The van der Waals surface area contributed by atoms with E-state index in [0.29, 0.717) is 22.9 Å². The Morgan fingerprint density at radius 2 is 1.63 bits per heavy atom. The molecule has 0 saturated carbocycles. The first kappa shape index (κ1) is 20.4. The lowest BCUT2D eigenvalue weighted by Crippen LogP contribution is -2.39. The molecule has 2 aliphatic rings. The highest BCUT2D eigenvalue weighted by atomic mass is 16.2. The number of nitrogens with zero attached hydrogens (tertiary/aromatic N) is 2. The average Bonchev–Trinajstić information content (AvgIpc) is 2.95. The molecule has 4 heteroatoms. The zero-order valence-corrected chi connectivity index (χ0v) is 18.6. The molecule has 0 aliphatic carbocycles. The molecule has 0 bridgehead atoms. The van der Waals surface area contributed by atoms with Crippen LogP contribution in [0.25, 0.3) is 5.57 Å². The molecule has 1 saturated heterocycles. The topological polar surface area (TPSA) is 40.6 Å². The lowest BCUT2D eigenvalue weighted by atomic mass is 9.96. The quantitative estimate of drug-likeness (QED) is 0.683. The largest absolute Gasteiger partial charge is 0.366 e. The number of amides is 2. The van der Waals surface area contributed by atoms with Crippen LogP contribution < -0.4 is 4.90 Å². The summed E-state index contributed by atoms with van der Waals surface area (Å²) in [6.07, 6.45) is 2.20. The van der Waals surface area contributed by atoms with E-state index in [-0.39, 0.29) is 11.8 Å². The number of carbonyl (C=O) groups is 2. The molecule has 4 rings (SSSR count). The second kappa shape index (κ2) is 7.75. The van der Waals surface area contributed by atoms with Crippen molar-refractivity contribution in [3.05, 3.63) is 69.9 Å². The van der Waals surface area contributed by atoms with Crippen molar-refractivity contribution >= 4 is 23.1 Å². The highest BCUT2D eigenvalue weighted by Crippen LogP contribution is 2.38. The number of rotatable bonds is 3. The molecule has 1 atom stereocenters. The number of piperidine rings is 1. The Bertz CT molecular complexity index is 1070. The van der Waals surface area contributed by atoms with E-state index in [0.717, 1.165) is 48.2 Å². The van der Waals surface area contributed by atoms with Crippen molar-refractivity contribution in [2.24, 2.45) is 5.92 Å². The van der Waals surface area contributed by atoms with Crippen LogP contribution in [0.2, 0.25) is 0 Å². The summed E-state index contributed by atoms with van der Waals surface area (Å²) in [5.74, 6) is 0.0861. The van der Waals surface area contributed by atoms with E-state index in [1.165, 1.54) is 10.5 Å². The van der Waals surface area contributed by atoms with Crippen molar-refractivity contribution in [2.45, 2.75) is 47.5 Å². The van der Waals surface area contributed by atoms with Crippen LogP contribution >= 0.6 is 0 Å². The van der Waals surface area contributed by atoms with Crippen LogP contribution in [-0.2, 0) is 9.59 Å². The van der Waals surface area contributed by atoms with E-state index >= 15 is 0 Å². The van der Waals surface area contributed by atoms with Crippen LogP contribution in [0.1, 0.15) is 47.6 Å². The van der Waals surface area contributed by atoms with Gasteiger partial charge in [-0.05, 0) is 74.8 Å². The van der Waals surface area contributed by atoms with Crippen LogP contribution in [0.15, 0.2) is 42.1 Å². The minimum absolute atomic E-state index is 0.200. The fraction of sp³-hybridized carbons (Fsp3) is 0.385. The van der Waals surface area contributed by atoms with E-state index < -0.39 is 0 Å². The fourth-order valence-corrected chi connectivity index (χ4v) is 4.64. The smallest absolute Gasteiger partial charge is 0.282 e. The normalized spacial score (nSPS) is 19.8. The van der Waals surface area contributed by atoms with Crippen LogP contribution in [0.3, 0.4) is 0 Å². The van der Waals surface area contributed by atoms with Gasteiger partial charge in [0, 0.05) is 13.1 Å². The molecule has 2 aromatic carbocycles. The summed E-state index contributed by atoms with van der Waals surface area (Å²) in [5, 5.41) is 0. The number of benzene rings is 2. The van der Waals surface area contributed by atoms with Gasteiger partial charge < -0.3 is 4.90 Å². The number of imide groups is 1. The molecule has 0 spiro atoms. The van der Waals surface area contributed by atoms with Crippen LogP contribution in [0.5, 0.6) is 0 Å². The summed E-state index contributed by atoms with van der Waals surface area (Å²) in [6, 6.07) is 11.9. The highest BCUT2D eigenvalue weighted by Gasteiger charge is 2.43. The van der Waals surface area contributed by atoms with Crippen molar-refractivity contribution in [3.63, 3.8) is 0 Å². The van der Waals surface area contributed by atoms with Gasteiger partial charge in [-0.15, -0.1) is 0 Å². The van der Waals surface area contributed by atoms with Crippen molar-refractivity contribution in [1.82, 2.24) is 4.90 Å². The number of hydrogen-bond acceptors (Lipinski definition) is 3. The zero-order valence-electron chi connectivity index (χ0n) is 18.6. The SMILES string of the molecule is Cc1ccc(N2C(=O)C(c3ccc(C)c(C)c3)=C(N3CCCC(C)C3)C2=O)c(C)c1.